The van der Waals surface area contributed by atoms with Crippen LogP contribution < -0.4 is 10.1 Å². The number of carbonyl (C=O) groups is 1. The van der Waals surface area contributed by atoms with Gasteiger partial charge in [0, 0.05) is 32.1 Å². The summed E-state index contributed by atoms with van der Waals surface area (Å²) in [5, 5.41) is 3.19. The third-order valence-corrected chi connectivity index (χ3v) is 4.71. The maximum atomic E-state index is 11.7. The first kappa shape index (κ1) is 14.4. The Balaban J connectivity index is 1.64. The number of nitrogens with one attached hydrogen (secondary N) is 1. The van der Waals surface area contributed by atoms with Crippen molar-refractivity contribution < 1.29 is 9.53 Å². The van der Waals surface area contributed by atoms with Crippen molar-refractivity contribution in [1.29, 1.82) is 0 Å². The monoisotopic (exact) mass is 288 g/mol. The van der Waals surface area contributed by atoms with E-state index in [0.717, 1.165) is 31.8 Å². The Morgan fingerprint density at radius 2 is 2.24 bits per heavy atom. The number of rotatable bonds is 3. The lowest BCUT2D eigenvalue weighted by molar-refractivity contribution is -0.121. The fraction of sp³-hybridized carbons (Fsp3) is 0.588. The van der Waals surface area contributed by atoms with Gasteiger partial charge in [-0.15, -0.1) is 0 Å². The van der Waals surface area contributed by atoms with Crippen LogP contribution in [0.2, 0.25) is 0 Å². The molecule has 0 saturated carbocycles. The van der Waals surface area contributed by atoms with Crippen molar-refractivity contribution in [2.75, 3.05) is 20.2 Å². The number of hydrogen-bond donors (Lipinski definition) is 1. The fourth-order valence-corrected chi connectivity index (χ4v) is 3.65. The van der Waals surface area contributed by atoms with Crippen molar-refractivity contribution >= 4 is 5.91 Å². The summed E-state index contributed by atoms with van der Waals surface area (Å²) < 4.78 is 5.31. The van der Waals surface area contributed by atoms with Crippen LogP contribution in [0, 0.1) is 12.8 Å². The van der Waals surface area contributed by atoms with Crippen LogP contribution >= 0.6 is 0 Å². The highest BCUT2D eigenvalue weighted by Gasteiger charge is 2.34. The van der Waals surface area contributed by atoms with Crippen LogP contribution in [0.5, 0.6) is 5.75 Å². The lowest BCUT2D eigenvalue weighted by Gasteiger charge is -2.17. The zero-order valence-electron chi connectivity index (χ0n) is 12.9. The van der Waals surface area contributed by atoms with Gasteiger partial charge < -0.3 is 10.1 Å². The van der Waals surface area contributed by atoms with Crippen LogP contribution in [-0.2, 0) is 11.3 Å². The summed E-state index contributed by atoms with van der Waals surface area (Å²) in [4.78, 5) is 14.1. The molecule has 0 aromatic heterocycles. The Hall–Kier alpha value is -1.55. The van der Waals surface area contributed by atoms with E-state index in [1.807, 2.05) is 6.07 Å². The smallest absolute Gasteiger partial charge is 0.220 e. The third kappa shape index (κ3) is 3.21. The number of nitrogens with zero attached hydrogens (tertiary/aromatic N) is 1. The predicted molar refractivity (Wildman–Crippen MR) is 82.3 cm³/mol. The van der Waals surface area contributed by atoms with Crippen LogP contribution in [0.1, 0.15) is 30.4 Å². The van der Waals surface area contributed by atoms with Gasteiger partial charge in [-0.2, -0.15) is 0 Å². The summed E-state index contributed by atoms with van der Waals surface area (Å²) in [6, 6.07) is 6.73. The van der Waals surface area contributed by atoms with Gasteiger partial charge in [-0.25, -0.2) is 0 Å². The summed E-state index contributed by atoms with van der Waals surface area (Å²) in [7, 11) is 1.71. The van der Waals surface area contributed by atoms with E-state index in [1.165, 1.54) is 17.5 Å². The fourth-order valence-electron chi connectivity index (χ4n) is 3.65. The number of amides is 1. The van der Waals surface area contributed by atoms with E-state index in [2.05, 4.69) is 29.3 Å². The number of methoxy groups -OCH3 is 1. The van der Waals surface area contributed by atoms with Crippen molar-refractivity contribution in [3.63, 3.8) is 0 Å². The molecule has 2 aliphatic rings. The van der Waals surface area contributed by atoms with Crippen molar-refractivity contribution in [2.24, 2.45) is 5.92 Å². The molecule has 0 spiro atoms. The van der Waals surface area contributed by atoms with Crippen LogP contribution in [0.25, 0.3) is 0 Å². The molecule has 1 aromatic carbocycles. The highest BCUT2D eigenvalue weighted by Crippen LogP contribution is 2.27. The molecule has 1 N–H and O–H groups in total. The second kappa shape index (κ2) is 6.06. The Morgan fingerprint density at radius 3 is 3.00 bits per heavy atom. The molecular weight excluding hydrogens is 264 g/mol. The number of ether oxygens (including phenoxy) is 1. The second-order valence-corrected chi connectivity index (χ2v) is 6.32. The average Bonchev–Trinajstić information content (AvgIpc) is 2.72. The molecule has 3 rings (SSSR count). The van der Waals surface area contributed by atoms with Crippen LogP contribution in [0.4, 0.5) is 0 Å². The lowest BCUT2D eigenvalue weighted by Crippen LogP contribution is -2.38. The van der Waals surface area contributed by atoms with Gasteiger partial charge in [-0.1, -0.05) is 12.1 Å². The molecule has 2 aliphatic heterocycles. The molecule has 2 fully saturated rings. The van der Waals surface area contributed by atoms with Gasteiger partial charge in [0.2, 0.25) is 5.91 Å². The predicted octanol–water partition coefficient (Wildman–Crippen LogP) is 2.10. The lowest BCUT2D eigenvalue weighted by atomic mass is 9.99. The van der Waals surface area contributed by atoms with Crippen molar-refractivity contribution in [3.05, 3.63) is 29.3 Å². The number of hydrogen-bond acceptors (Lipinski definition) is 3. The molecule has 1 amide bonds. The highest BCUT2D eigenvalue weighted by molar-refractivity contribution is 5.76. The maximum absolute atomic E-state index is 11.7. The summed E-state index contributed by atoms with van der Waals surface area (Å²) in [6.45, 7) is 5.10. The van der Waals surface area contributed by atoms with Crippen LogP contribution in [-0.4, -0.2) is 37.0 Å². The van der Waals surface area contributed by atoms with Gasteiger partial charge in [-0.05, 0) is 42.9 Å². The van der Waals surface area contributed by atoms with Crippen molar-refractivity contribution in [1.82, 2.24) is 10.2 Å². The molecule has 2 saturated heterocycles. The Labute approximate surface area is 126 Å². The number of fused-ring (bicyclic) bond motifs is 1. The first-order chi connectivity index (χ1) is 10.2. The molecule has 21 heavy (non-hydrogen) atoms. The van der Waals surface area contributed by atoms with Crippen LogP contribution in [0.3, 0.4) is 0 Å². The normalized spacial score (nSPS) is 26.1. The number of carbonyl (C=O) groups excluding carboxylic acids is 1. The molecule has 4 nitrogen and oxygen atoms in total. The largest absolute Gasteiger partial charge is 0.496 e. The molecule has 1 aromatic rings. The van der Waals surface area contributed by atoms with Gasteiger partial charge >= 0.3 is 0 Å². The van der Waals surface area contributed by atoms with Gasteiger partial charge in [0.25, 0.3) is 0 Å². The van der Waals surface area contributed by atoms with Gasteiger partial charge in [0.15, 0.2) is 0 Å². The number of benzene rings is 1. The summed E-state index contributed by atoms with van der Waals surface area (Å²) in [5.74, 6) is 1.79. The molecule has 2 heterocycles. The van der Waals surface area contributed by atoms with Gasteiger partial charge in [0.1, 0.15) is 5.75 Å². The third-order valence-electron chi connectivity index (χ3n) is 4.71. The van der Waals surface area contributed by atoms with E-state index in [0.29, 0.717) is 18.4 Å². The van der Waals surface area contributed by atoms with Gasteiger partial charge in [0.05, 0.1) is 7.11 Å². The minimum Gasteiger partial charge on any atom is -0.496 e. The Morgan fingerprint density at radius 1 is 1.38 bits per heavy atom. The minimum absolute atomic E-state index is 0.227. The maximum Gasteiger partial charge on any atom is 0.220 e. The molecule has 4 heteroatoms. The Bertz CT molecular complexity index is 530. The van der Waals surface area contributed by atoms with E-state index in [1.54, 1.807) is 7.11 Å². The second-order valence-electron chi connectivity index (χ2n) is 6.32. The first-order valence-corrected chi connectivity index (χ1v) is 7.81. The molecule has 2 unspecified atom stereocenters. The number of likely N-dealkylation sites (tertiary alicyclic amines) is 1. The van der Waals surface area contributed by atoms with E-state index < -0.39 is 0 Å². The molecule has 0 bridgehead atoms. The highest BCUT2D eigenvalue weighted by atomic mass is 16.5. The van der Waals surface area contributed by atoms with Crippen LogP contribution in [0.15, 0.2) is 18.2 Å². The van der Waals surface area contributed by atoms with Gasteiger partial charge in [-0.3, -0.25) is 9.69 Å². The topological polar surface area (TPSA) is 41.6 Å². The van der Waals surface area contributed by atoms with E-state index in [9.17, 15) is 4.79 Å². The standard InChI is InChI=1S/C17H24N2O2/c1-12-8-13(6-7-16(12)21-2)9-19-10-14-4-3-5-17(20)18-15(14)11-19/h6-8,14-15H,3-5,9-11H2,1-2H3,(H,18,20). The zero-order chi connectivity index (χ0) is 14.8. The molecule has 2 atom stereocenters. The van der Waals surface area contributed by atoms with E-state index in [-0.39, 0.29) is 5.91 Å². The first-order valence-electron chi connectivity index (χ1n) is 7.81. The molecule has 0 radical (unpaired) electrons. The zero-order valence-corrected chi connectivity index (χ0v) is 12.9. The number of aryl methyl sites for hydroxylation is 1. The van der Waals surface area contributed by atoms with Crippen molar-refractivity contribution in [3.8, 4) is 5.75 Å². The Kier molecular flexibility index (Phi) is 4.15. The quantitative estimate of drug-likeness (QED) is 0.926. The van der Waals surface area contributed by atoms with E-state index in [4.69, 9.17) is 4.74 Å². The molecular formula is C17H24N2O2. The SMILES string of the molecule is COc1ccc(CN2CC3CCCC(=O)NC3C2)cc1C. The van der Waals surface area contributed by atoms with Crippen molar-refractivity contribution in [2.45, 2.75) is 38.8 Å². The summed E-state index contributed by atoms with van der Waals surface area (Å²) in [6.07, 6.45) is 2.90. The van der Waals surface area contributed by atoms with E-state index >= 15 is 0 Å². The minimum atomic E-state index is 0.227. The molecule has 0 aliphatic carbocycles. The summed E-state index contributed by atoms with van der Waals surface area (Å²) in [5.41, 5.74) is 2.49. The average molecular weight is 288 g/mol. The molecule has 114 valence electrons. The summed E-state index contributed by atoms with van der Waals surface area (Å²) >= 11 is 0.